The minimum atomic E-state index is -0.321. The van der Waals surface area contributed by atoms with Crippen LogP contribution < -0.4 is 4.90 Å². The molecule has 0 aliphatic rings. The number of nitriles is 2. The van der Waals surface area contributed by atoms with Gasteiger partial charge in [0.15, 0.2) is 0 Å². The number of anilines is 1. The highest BCUT2D eigenvalue weighted by Crippen LogP contribution is 2.18. The Morgan fingerprint density at radius 2 is 1.62 bits per heavy atom. The number of hydrogen-bond acceptors (Lipinski definition) is 3. The number of benzene rings is 1. The fourth-order valence-electron chi connectivity index (χ4n) is 1.43. The topological polar surface area (TPSA) is 50.8 Å². The number of halogens is 1. The Morgan fingerprint density at radius 3 is 2.12 bits per heavy atom. The van der Waals surface area contributed by atoms with Crippen molar-refractivity contribution in [3.63, 3.8) is 0 Å². The van der Waals surface area contributed by atoms with Gasteiger partial charge in [-0.3, -0.25) is 0 Å². The Bertz CT molecular complexity index is 399. The molecule has 1 aromatic carbocycles. The van der Waals surface area contributed by atoms with E-state index >= 15 is 0 Å². The first-order valence-corrected chi connectivity index (χ1v) is 5.03. The summed E-state index contributed by atoms with van der Waals surface area (Å²) in [5.74, 6) is -0.321. The predicted molar refractivity (Wildman–Crippen MR) is 59.1 cm³/mol. The van der Waals surface area contributed by atoms with Crippen LogP contribution in [0.2, 0.25) is 0 Å². The number of rotatable bonds is 5. The van der Waals surface area contributed by atoms with Crippen molar-refractivity contribution >= 4 is 5.69 Å². The second-order valence-corrected chi connectivity index (χ2v) is 3.25. The lowest BCUT2D eigenvalue weighted by molar-refractivity contribution is 0.617. The fourth-order valence-corrected chi connectivity index (χ4v) is 1.43. The highest BCUT2D eigenvalue weighted by molar-refractivity contribution is 5.47. The van der Waals surface area contributed by atoms with Crippen molar-refractivity contribution in [3.05, 3.63) is 30.1 Å². The van der Waals surface area contributed by atoms with Gasteiger partial charge in [-0.2, -0.15) is 10.5 Å². The van der Waals surface area contributed by atoms with Gasteiger partial charge in [0.1, 0.15) is 5.82 Å². The van der Waals surface area contributed by atoms with Gasteiger partial charge in [0.2, 0.25) is 0 Å². The molecule has 1 aromatic rings. The molecule has 1 rings (SSSR count). The van der Waals surface area contributed by atoms with Gasteiger partial charge in [-0.25, -0.2) is 4.39 Å². The Labute approximate surface area is 94.3 Å². The SMILES string of the molecule is N#CCCN(CCC#N)c1ccccc1F. The third-order valence-electron chi connectivity index (χ3n) is 2.18. The van der Waals surface area contributed by atoms with Crippen molar-refractivity contribution in [1.82, 2.24) is 0 Å². The normalized spacial score (nSPS) is 9.19. The van der Waals surface area contributed by atoms with E-state index in [0.717, 1.165) is 0 Å². The molecule has 16 heavy (non-hydrogen) atoms. The van der Waals surface area contributed by atoms with E-state index in [2.05, 4.69) is 0 Å². The van der Waals surface area contributed by atoms with E-state index in [1.807, 2.05) is 12.1 Å². The highest BCUT2D eigenvalue weighted by atomic mass is 19.1. The minimum absolute atomic E-state index is 0.319. The minimum Gasteiger partial charge on any atom is -0.367 e. The van der Waals surface area contributed by atoms with E-state index in [0.29, 0.717) is 31.6 Å². The molecular weight excluding hydrogens is 205 g/mol. The lowest BCUT2D eigenvalue weighted by atomic mass is 10.2. The van der Waals surface area contributed by atoms with Crippen molar-refractivity contribution in [2.75, 3.05) is 18.0 Å². The van der Waals surface area contributed by atoms with Crippen LogP contribution in [0.15, 0.2) is 24.3 Å². The van der Waals surface area contributed by atoms with Crippen LogP contribution >= 0.6 is 0 Å². The Hall–Kier alpha value is -2.07. The molecule has 3 nitrogen and oxygen atoms in total. The monoisotopic (exact) mass is 217 g/mol. The number of para-hydroxylation sites is 1. The van der Waals surface area contributed by atoms with Gasteiger partial charge < -0.3 is 4.90 Å². The summed E-state index contributed by atoms with van der Waals surface area (Å²) in [7, 11) is 0. The first kappa shape index (κ1) is 12.0. The van der Waals surface area contributed by atoms with Crippen LogP contribution in [0.5, 0.6) is 0 Å². The number of hydrogen-bond donors (Lipinski definition) is 0. The van der Waals surface area contributed by atoms with Crippen molar-refractivity contribution < 1.29 is 4.39 Å². The summed E-state index contributed by atoms with van der Waals surface area (Å²) in [6.45, 7) is 0.887. The van der Waals surface area contributed by atoms with Gasteiger partial charge in [-0.05, 0) is 12.1 Å². The summed E-state index contributed by atoms with van der Waals surface area (Å²) >= 11 is 0. The van der Waals surface area contributed by atoms with Gasteiger partial charge in [0, 0.05) is 13.1 Å². The molecule has 4 heteroatoms. The molecule has 0 radical (unpaired) electrons. The fraction of sp³-hybridized carbons (Fsp3) is 0.333. The van der Waals surface area contributed by atoms with Crippen LogP contribution in [0.3, 0.4) is 0 Å². The second kappa shape index (κ2) is 6.42. The van der Waals surface area contributed by atoms with Gasteiger partial charge in [-0.1, -0.05) is 12.1 Å². The third-order valence-corrected chi connectivity index (χ3v) is 2.18. The smallest absolute Gasteiger partial charge is 0.146 e. The summed E-state index contributed by atoms with van der Waals surface area (Å²) in [6.07, 6.45) is 0.638. The average molecular weight is 217 g/mol. The van der Waals surface area contributed by atoms with Crippen LogP contribution in [0.4, 0.5) is 10.1 Å². The first-order valence-electron chi connectivity index (χ1n) is 5.03. The molecule has 0 saturated heterocycles. The Balaban J connectivity index is 2.80. The molecule has 0 fully saturated rings. The van der Waals surface area contributed by atoms with Crippen LogP contribution in [-0.2, 0) is 0 Å². The Kier molecular flexibility index (Phi) is 4.82. The number of nitrogens with zero attached hydrogens (tertiary/aromatic N) is 3. The molecular formula is C12H12FN3. The Morgan fingerprint density at radius 1 is 1.06 bits per heavy atom. The van der Waals surface area contributed by atoms with E-state index in [9.17, 15) is 4.39 Å². The average Bonchev–Trinajstić information content (AvgIpc) is 2.31. The highest BCUT2D eigenvalue weighted by Gasteiger charge is 2.09. The molecule has 0 amide bonds. The zero-order valence-corrected chi connectivity index (χ0v) is 8.86. The molecule has 0 unspecified atom stereocenters. The van der Waals surface area contributed by atoms with Crippen molar-refractivity contribution in [1.29, 1.82) is 10.5 Å². The maximum Gasteiger partial charge on any atom is 0.146 e. The lowest BCUT2D eigenvalue weighted by Gasteiger charge is -2.22. The quantitative estimate of drug-likeness (QED) is 0.761. The van der Waals surface area contributed by atoms with Crippen molar-refractivity contribution in [2.45, 2.75) is 12.8 Å². The predicted octanol–water partition coefficient (Wildman–Crippen LogP) is 2.46. The largest absolute Gasteiger partial charge is 0.367 e. The molecule has 0 bridgehead atoms. The second-order valence-electron chi connectivity index (χ2n) is 3.25. The summed E-state index contributed by atoms with van der Waals surface area (Å²) in [6, 6.07) is 10.4. The van der Waals surface area contributed by atoms with Gasteiger partial charge >= 0.3 is 0 Å². The third kappa shape index (κ3) is 3.25. The van der Waals surface area contributed by atoms with Crippen LogP contribution in [0, 0.1) is 28.5 Å². The first-order chi connectivity index (χ1) is 7.79. The van der Waals surface area contributed by atoms with Gasteiger partial charge in [-0.15, -0.1) is 0 Å². The molecule has 0 aromatic heterocycles. The summed E-state index contributed by atoms with van der Waals surface area (Å²) < 4.78 is 13.5. The van der Waals surface area contributed by atoms with Crippen LogP contribution in [-0.4, -0.2) is 13.1 Å². The summed E-state index contributed by atoms with van der Waals surface area (Å²) in [5, 5.41) is 17.0. The van der Waals surface area contributed by atoms with Crippen LogP contribution in [0.25, 0.3) is 0 Å². The molecule has 0 aliphatic carbocycles. The zero-order chi connectivity index (χ0) is 11.8. The molecule has 0 spiro atoms. The van der Waals surface area contributed by atoms with E-state index in [-0.39, 0.29) is 5.82 Å². The van der Waals surface area contributed by atoms with E-state index < -0.39 is 0 Å². The van der Waals surface area contributed by atoms with E-state index in [1.54, 1.807) is 23.1 Å². The van der Waals surface area contributed by atoms with Crippen molar-refractivity contribution in [2.24, 2.45) is 0 Å². The van der Waals surface area contributed by atoms with E-state index in [4.69, 9.17) is 10.5 Å². The molecule has 0 heterocycles. The molecule has 0 N–H and O–H groups in total. The van der Waals surface area contributed by atoms with Gasteiger partial charge in [0.25, 0.3) is 0 Å². The van der Waals surface area contributed by atoms with Gasteiger partial charge in [0.05, 0.1) is 30.7 Å². The summed E-state index contributed by atoms with van der Waals surface area (Å²) in [4.78, 5) is 1.72. The standard InChI is InChI=1S/C12H12FN3/c13-11-5-1-2-6-12(11)16(9-3-7-14)10-4-8-15/h1-2,5-6H,3-4,9-10H2. The molecule has 0 atom stereocenters. The maximum absolute atomic E-state index is 13.5. The lowest BCUT2D eigenvalue weighted by Crippen LogP contribution is -2.26. The molecule has 82 valence electrons. The van der Waals surface area contributed by atoms with Crippen molar-refractivity contribution in [3.8, 4) is 12.1 Å². The maximum atomic E-state index is 13.5. The molecule has 0 saturated carbocycles. The molecule has 0 aliphatic heterocycles. The van der Waals surface area contributed by atoms with Crippen LogP contribution in [0.1, 0.15) is 12.8 Å². The zero-order valence-electron chi connectivity index (χ0n) is 8.86. The summed E-state index contributed by atoms with van der Waals surface area (Å²) in [5.41, 5.74) is 0.452. The van der Waals surface area contributed by atoms with E-state index in [1.165, 1.54) is 6.07 Å².